The van der Waals surface area contributed by atoms with Crippen molar-refractivity contribution >= 4 is 34.0 Å². The van der Waals surface area contributed by atoms with Crippen molar-refractivity contribution in [1.82, 2.24) is 0 Å². The molecule has 0 heterocycles. The Hall–Kier alpha value is -0.980. The standard InChI is InChI=1S/C13H10Cl2/c14-9-8-13(15)12-7-3-5-10-4-1-2-6-11(10)12/h1-9,13H. The van der Waals surface area contributed by atoms with Gasteiger partial charge in [-0.3, -0.25) is 0 Å². The molecule has 0 fully saturated rings. The van der Waals surface area contributed by atoms with E-state index in [1.54, 1.807) is 6.08 Å². The van der Waals surface area contributed by atoms with Crippen molar-refractivity contribution in [2.45, 2.75) is 5.38 Å². The van der Waals surface area contributed by atoms with Crippen LogP contribution in [-0.4, -0.2) is 0 Å². The van der Waals surface area contributed by atoms with Crippen molar-refractivity contribution in [2.24, 2.45) is 0 Å². The van der Waals surface area contributed by atoms with Crippen molar-refractivity contribution in [3.63, 3.8) is 0 Å². The Labute approximate surface area is 99.1 Å². The Morgan fingerprint density at radius 2 is 1.73 bits per heavy atom. The summed E-state index contributed by atoms with van der Waals surface area (Å²) in [5, 5.41) is 2.20. The highest BCUT2D eigenvalue weighted by Crippen LogP contribution is 2.29. The SMILES string of the molecule is ClC=CC(Cl)c1cccc2ccccc12. The third-order valence-corrected chi connectivity index (χ3v) is 2.89. The zero-order chi connectivity index (χ0) is 10.7. The van der Waals surface area contributed by atoms with Gasteiger partial charge >= 0.3 is 0 Å². The minimum absolute atomic E-state index is 0.173. The van der Waals surface area contributed by atoms with Crippen LogP contribution in [0.3, 0.4) is 0 Å². The lowest BCUT2D eigenvalue weighted by atomic mass is 10.0. The van der Waals surface area contributed by atoms with Crippen LogP contribution in [-0.2, 0) is 0 Å². The second-order valence-corrected chi connectivity index (χ2v) is 4.01. The van der Waals surface area contributed by atoms with Crippen LogP contribution in [0.2, 0.25) is 0 Å². The highest BCUT2D eigenvalue weighted by atomic mass is 35.5. The number of benzene rings is 2. The fourth-order valence-corrected chi connectivity index (χ4v) is 2.14. The highest BCUT2D eigenvalue weighted by Gasteiger charge is 2.07. The van der Waals surface area contributed by atoms with Gasteiger partial charge in [0.1, 0.15) is 0 Å². The van der Waals surface area contributed by atoms with Crippen LogP contribution < -0.4 is 0 Å². The molecule has 0 aliphatic rings. The second-order valence-electron chi connectivity index (χ2n) is 3.29. The summed E-state index contributed by atoms with van der Waals surface area (Å²) in [6.45, 7) is 0. The topological polar surface area (TPSA) is 0 Å². The van der Waals surface area contributed by atoms with Crippen LogP contribution in [0.5, 0.6) is 0 Å². The first kappa shape index (κ1) is 10.5. The summed E-state index contributed by atoms with van der Waals surface area (Å²) < 4.78 is 0. The molecule has 0 spiro atoms. The van der Waals surface area contributed by atoms with E-state index in [4.69, 9.17) is 23.2 Å². The first-order valence-corrected chi connectivity index (χ1v) is 5.59. The van der Waals surface area contributed by atoms with Crippen LogP contribution in [0, 0.1) is 0 Å². The van der Waals surface area contributed by atoms with E-state index in [0.717, 1.165) is 5.56 Å². The number of alkyl halides is 1. The molecule has 2 aromatic rings. The quantitative estimate of drug-likeness (QED) is 0.653. The minimum Gasteiger partial charge on any atom is -0.113 e. The second kappa shape index (κ2) is 4.69. The molecule has 76 valence electrons. The van der Waals surface area contributed by atoms with E-state index in [-0.39, 0.29) is 5.38 Å². The Kier molecular flexibility index (Phi) is 3.30. The molecule has 1 atom stereocenters. The lowest BCUT2D eigenvalue weighted by Crippen LogP contribution is -1.87. The monoisotopic (exact) mass is 236 g/mol. The molecular weight excluding hydrogens is 227 g/mol. The molecule has 2 heteroatoms. The van der Waals surface area contributed by atoms with Crippen LogP contribution in [0.15, 0.2) is 54.1 Å². The van der Waals surface area contributed by atoms with Crippen molar-refractivity contribution in [3.8, 4) is 0 Å². The van der Waals surface area contributed by atoms with Gasteiger partial charge in [0.2, 0.25) is 0 Å². The largest absolute Gasteiger partial charge is 0.113 e. The Bertz CT molecular complexity index is 483. The maximum atomic E-state index is 6.21. The third kappa shape index (κ3) is 2.17. The van der Waals surface area contributed by atoms with E-state index in [2.05, 4.69) is 18.2 Å². The number of fused-ring (bicyclic) bond motifs is 1. The fourth-order valence-electron chi connectivity index (χ4n) is 1.66. The van der Waals surface area contributed by atoms with Gasteiger partial charge in [0, 0.05) is 5.54 Å². The predicted molar refractivity (Wildman–Crippen MR) is 67.5 cm³/mol. The first-order chi connectivity index (χ1) is 7.33. The van der Waals surface area contributed by atoms with Crippen LogP contribution >= 0.6 is 23.2 Å². The Morgan fingerprint density at radius 3 is 2.53 bits per heavy atom. The molecule has 0 saturated carbocycles. The van der Waals surface area contributed by atoms with Gasteiger partial charge in [0.25, 0.3) is 0 Å². The molecule has 0 bridgehead atoms. The van der Waals surface area contributed by atoms with Gasteiger partial charge in [-0.1, -0.05) is 60.1 Å². The van der Waals surface area contributed by atoms with Gasteiger partial charge < -0.3 is 0 Å². The van der Waals surface area contributed by atoms with Crippen LogP contribution in [0.1, 0.15) is 10.9 Å². The van der Waals surface area contributed by atoms with Gasteiger partial charge in [-0.15, -0.1) is 11.6 Å². The number of hydrogen-bond donors (Lipinski definition) is 0. The fraction of sp³-hybridized carbons (Fsp3) is 0.0769. The average molecular weight is 237 g/mol. The van der Waals surface area contributed by atoms with E-state index < -0.39 is 0 Å². The summed E-state index contributed by atoms with van der Waals surface area (Å²) >= 11 is 11.7. The molecule has 0 aliphatic heterocycles. The predicted octanol–water partition coefficient (Wildman–Crippen LogP) is 4.87. The zero-order valence-electron chi connectivity index (χ0n) is 8.03. The van der Waals surface area contributed by atoms with E-state index in [0.29, 0.717) is 0 Å². The summed E-state index contributed by atoms with van der Waals surface area (Å²) in [5.41, 5.74) is 2.55. The maximum Gasteiger partial charge on any atom is 0.0783 e. The smallest absolute Gasteiger partial charge is 0.0783 e. The van der Waals surface area contributed by atoms with Crippen molar-refractivity contribution < 1.29 is 0 Å². The lowest BCUT2D eigenvalue weighted by Gasteiger charge is -2.08. The number of hydrogen-bond acceptors (Lipinski definition) is 0. The highest BCUT2D eigenvalue weighted by molar-refractivity contribution is 6.27. The maximum absolute atomic E-state index is 6.21. The van der Waals surface area contributed by atoms with E-state index in [1.165, 1.54) is 16.3 Å². The normalized spacial score (nSPS) is 13.5. The van der Waals surface area contributed by atoms with Crippen LogP contribution in [0.25, 0.3) is 10.8 Å². The average Bonchev–Trinajstić information content (AvgIpc) is 2.28. The van der Waals surface area contributed by atoms with Gasteiger partial charge in [0.05, 0.1) is 5.38 Å². The van der Waals surface area contributed by atoms with Gasteiger partial charge in [-0.25, -0.2) is 0 Å². The molecule has 2 aromatic carbocycles. The molecule has 0 N–H and O–H groups in total. The van der Waals surface area contributed by atoms with E-state index in [1.807, 2.05) is 24.3 Å². The number of halogens is 2. The number of rotatable bonds is 2. The summed E-state index contributed by atoms with van der Waals surface area (Å²) in [4.78, 5) is 0. The molecule has 0 saturated heterocycles. The number of allylic oxidation sites excluding steroid dienone is 1. The molecule has 2 rings (SSSR count). The molecule has 1 unspecified atom stereocenters. The molecule has 0 radical (unpaired) electrons. The van der Waals surface area contributed by atoms with E-state index in [9.17, 15) is 0 Å². The van der Waals surface area contributed by atoms with Gasteiger partial charge in [-0.2, -0.15) is 0 Å². The summed E-state index contributed by atoms with van der Waals surface area (Å²) in [7, 11) is 0. The summed E-state index contributed by atoms with van der Waals surface area (Å²) in [6, 6.07) is 14.3. The summed E-state index contributed by atoms with van der Waals surface area (Å²) in [5.74, 6) is 0. The molecular formula is C13H10Cl2. The molecule has 0 amide bonds. The third-order valence-electron chi connectivity index (χ3n) is 2.36. The van der Waals surface area contributed by atoms with Crippen LogP contribution in [0.4, 0.5) is 0 Å². The molecule has 0 nitrogen and oxygen atoms in total. The Morgan fingerprint density at radius 1 is 1.00 bits per heavy atom. The van der Waals surface area contributed by atoms with Gasteiger partial charge in [0.15, 0.2) is 0 Å². The molecule has 0 aliphatic carbocycles. The summed E-state index contributed by atoms with van der Waals surface area (Å²) in [6.07, 6.45) is 1.77. The van der Waals surface area contributed by atoms with Crippen molar-refractivity contribution in [1.29, 1.82) is 0 Å². The Balaban J connectivity index is 2.60. The molecule has 15 heavy (non-hydrogen) atoms. The lowest BCUT2D eigenvalue weighted by molar-refractivity contribution is 1.24. The van der Waals surface area contributed by atoms with E-state index >= 15 is 0 Å². The zero-order valence-corrected chi connectivity index (χ0v) is 9.54. The van der Waals surface area contributed by atoms with Crippen molar-refractivity contribution in [3.05, 3.63) is 59.6 Å². The van der Waals surface area contributed by atoms with Gasteiger partial charge in [-0.05, 0) is 16.3 Å². The minimum atomic E-state index is -0.173. The molecule has 0 aromatic heterocycles. The van der Waals surface area contributed by atoms with Crippen molar-refractivity contribution in [2.75, 3.05) is 0 Å². The first-order valence-electron chi connectivity index (χ1n) is 4.71.